The molecule has 0 saturated heterocycles. The van der Waals surface area contributed by atoms with Gasteiger partial charge >= 0.3 is 11.9 Å². The molecule has 5 amide bonds. The van der Waals surface area contributed by atoms with Crippen molar-refractivity contribution in [3.63, 3.8) is 0 Å². The third-order valence-electron chi connectivity index (χ3n) is 19.0. The molecule has 0 fully saturated rings. The number of nitrogens with one attached hydrogen (secondary N) is 4. The molecule has 3 aromatic heterocycles. The van der Waals surface area contributed by atoms with Crippen LogP contribution in [-0.2, 0) is 26.6 Å². The molecule has 0 saturated carbocycles. The maximum atomic E-state index is 14.5. The van der Waals surface area contributed by atoms with Crippen LogP contribution in [0.1, 0.15) is 103 Å². The van der Waals surface area contributed by atoms with Crippen LogP contribution in [0.15, 0.2) is 240 Å². The zero-order chi connectivity index (χ0) is 76.0. The number of halogens is 5. The van der Waals surface area contributed by atoms with Gasteiger partial charge in [-0.3, -0.25) is 34.0 Å². The number of aromatic nitrogens is 5. The van der Waals surface area contributed by atoms with E-state index in [1.807, 2.05) is 139 Å². The Morgan fingerprint density at radius 2 is 0.916 bits per heavy atom. The summed E-state index contributed by atoms with van der Waals surface area (Å²) < 4.78 is 76.5. The Labute approximate surface area is 611 Å². The van der Waals surface area contributed by atoms with E-state index in [1.54, 1.807) is 116 Å². The van der Waals surface area contributed by atoms with Crippen molar-refractivity contribution in [2.45, 2.75) is 79.3 Å². The van der Waals surface area contributed by atoms with E-state index >= 15 is 0 Å². The van der Waals surface area contributed by atoms with Crippen molar-refractivity contribution < 1.29 is 50.3 Å². The highest BCUT2D eigenvalue weighted by Crippen LogP contribution is 2.51. The van der Waals surface area contributed by atoms with Crippen LogP contribution in [0.2, 0.25) is 0 Å². The number of amides is 5. The number of para-hydroxylation sites is 1. The van der Waals surface area contributed by atoms with E-state index < -0.39 is 51.4 Å². The monoisotopic (exact) mass is 1440 g/mol. The summed E-state index contributed by atoms with van der Waals surface area (Å²) in [5.74, 6) is -4.31. The van der Waals surface area contributed by atoms with E-state index in [9.17, 15) is 50.7 Å². The average Bonchev–Trinajstić information content (AvgIpc) is 1.58. The first-order chi connectivity index (χ1) is 51.1. The van der Waals surface area contributed by atoms with Crippen molar-refractivity contribution in [1.82, 2.24) is 24.7 Å². The Balaban J connectivity index is 0.000000142. The number of carbonyl (C=O) groups is 5. The normalized spacial score (nSPS) is 13.3. The lowest BCUT2D eigenvalue weighted by Crippen LogP contribution is -2.34. The first-order valence-electron chi connectivity index (χ1n) is 34.0. The second-order valence-corrected chi connectivity index (χ2v) is 27.1. The molecule has 0 aliphatic carbocycles. The Morgan fingerprint density at radius 1 is 0.486 bits per heavy atom. The van der Waals surface area contributed by atoms with E-state index in [4.69, 9.17) is 4.42 Å². The lowest BCUT2D eigenvalue weighted by Gasteiger charge is -2.21. The first kappa shape index (κ1) is 72.1. The number of hydrogen-bond acceptors (Lipinski definition) is 10. The minimum atomic E-state index is -4.73. The molecule has 0 spiro atoms. The lowest BCUT2D eigenvalue weighted by molar-refractivity contribution is -0.138. The number of anilines is 7. The molecule has 2 aliphatic rings. The van der Waals surface area contributed by atoms with Crippen molar-refractivity contribution in [2.24, 2.45) is 0 Å². The Bertz CT molecular complexity index is 5720. The van der Waals surface area contributed by atoms with Crippen LogP contribution in [0.3, 0.4) is 0 Å². The molecule has 5 heterocycles. The van der Waals surface area contributed by atoms with Crippen molar-refractivity contribution in [3.8, 4) is 39.1 Å². The first-order valence-corrected chi connectivity index (χ1v) is 34.0. The van der Waals surface area contributed by atoms with Crippen LogP contribution in [-0.4, -0.2) is 54.3 Å². The number of hydrogen-bond donors (Lipinski definition) is 4. The van der Waals surface area contributed by atoms with E-state index in [-0.39, 0.29) is 40.4 Å². The fourth-order valence-electron chi connectivity index (χ4n) is 13.3. The van der Waals surface area contributed by atoms with Gasteiger partial charge in [-0.25, -0.2) is 33.0 Å². The smallest absolute Gasteiger partial charge is 0.407 e. The molecule has 0 bridgehead atoms. The summed E-state index contributed by atoms with van der Waals surface area (Å²) in [5.41, 5.74) is 12.0. The molecule has 107 heavy (non-hydrogen) atoms. The summed E-state index contributed by atoms with van der Waals surface area (Å²) >= 11 is 0. The second-order valence-electron chi connectivity index (χ2n) is 27.1. The van der Waals surface area contributed by atoms with Gasteiger partial charge in [-0.15, -0.1) is 0 Å². The summed E-state index contributed by atoms with van der Waals surface area (Å²) in [6.07, 6.45) is 1.65. The fraction of sp³-hybridized carbons (Fsp3) is 0.141. The van der Waals surface area contributed by atoms with Crippen LogP contribution in [0.4, 0.5) is 62.0 Å². The van der Waals surface area contributed by atoms with E-state index in [2.05, 4.69) is 36.1 Å². The summed E-state index contributed by atoms with van der Waals surface area (Å²) in [6, 6.07) is 58.1. The van der Waals surface area contributed by atoms with Gasteiger partial charge < -0.3 is 20.4 Å². The van der Waals surface area contributed by atoms with Gasteiger partial charge in [-0.05, 0) is 209 Å². The maximum Gasteiger partial charge on any atom is 0.424 e. The standard InChI is InChI=1S/C29H26N4O2.C28H23F3N4O2.C28H20F2N2O3/c1-18-9-13-21(14-10-18)32-26(34)23-17-20(12-11-19(23)2)22-7-5-8-24-25(22)29(3,4)27(35)33(24)28-30-15-6-16-31-28;1-16-7-10-18(11-8-16)34-25(36)21-13-17(9-12-22(21)28(29,30)31)20-5-4-6-23-24(20)27(2,3)26(37)35(23)19-14-32-33-15-19;1-16-9-13-19(14-10-16)31-27(33)21-15-18(12-11-17(21)2)20-5-3-8-24-26(20)35-28(34)32(24)23-7-4-6-22(29)25(23)30/h5-17H,1-4H3,(H,32,34);4-15H,1-3H3,(H,32,33)(H,34,36);3-15H,1-2H3,(H,31,33). The number of aromatic amines is 1. The van der Waals surface area contributed by atoms with E-state index in [1.165, 1.54) is 35.4 Å². The molecule has 536 valence electrons. The summed E-state index contributed by atoms with van der Waals surface area (Å²) in [5, 5.41) is 15.1. The van der Waals surface area contributed by atoms with Crippen LogP contribution < -0.4 is 31.5 Å². The van der Waals surface area contributed by atoms with E-state index in [0.29, 0.717) is 67.6 Å². The van der Waals surface area contributed by atoms with Gasteiger partial charge in [0.1, 0.15) is 0 Å². The molecule has 0 atom stereocenters. The highest BCUT2D eigenvalue weighted by Gasteiger charge is 2.49. The fourth-order valence-corrected chi connectivity index (χ4v) is 13.3. The van der Waals surface area contributed by atoms with Crippen LogP contribution in [0.5, 0.6) is 0 Å². The van der Waals surface area contributed by atoms with E-state index in [0.717, 1.165) is 72.6 Å². The van der Waals surface area contributed by atoms with Crippen LogP contribution in [0, 0.1) is 46.3 Å². The molecule has 15 rings (SSSR count). The molecule has 17 nitrogen and oxygen atoms in total. The summed E-state index contributed by atoms with van der Waals surface area (Å²) in [4.78, 5) is 90.6. The van der Waals surface area contributed by atoms with Gasteiger partial charge in [0.2, 0.25) is 17.8 Å². The predicted molar refractivity (Wildman–Crippen MR) is 404 cm³/mol. The minimum absolute atomic E-state index is 0.0874. The van der Waals surface area contributed by atoms with Crippen molar-refractivity contribution in [3.05, 3.63) is 314 Å². The number of H-pyrrole nitrogens is 1. The molecular formula is C85H69F5N10O7. The quantitative estimate of drug-likeness (QED) is 0.0848. The Hall–Kier alpha value is -13.2. The number of rotatable bonds is 12. The summed E-state index contributed by atoms with van der Waals surface area (Å²) in [7, 11) is 0. The minimum Gasteiger partial charge on any atom is -0.407 e. The summed E-state index contributed by atoms with van der Waals surface area (Å²) in [6.45, 7) is 17.0. The van der Waals surface area contributed by atoms with Gasteiger partial charge in [-0.1, -0.05) is 126 Å². The predicted octanol–water partition coefficient (Wildman–Crippen LogP) is 19.0. The Kier molecular flexibility index (Phi) is 19.4. The number of aryl methyl sites for hydroxylation is 5. The van der Waals surface area contributed by atoms with Gasteiger partial charge in [0.25, 0.3) is 17.7 Å². The van der Waals surface area contributed by atoms with Crippen LogP contribution >= 0.6 is 0 Å². The zero-order valence-corrected chi connectivity index (χ0v) is 59.4. The third-order valence-corrected chi connectivity index (χ3v) is 19.0. The van der Waals surface area contributed by atoms with Crippen molar-refractivity contribution >= 4 is 80.7 Å². The topological polar surface area (TPSA) is 218 Å². The number of nitrogens with zero attached hydrogens (tertiary/aromatic N) is 6. The maximum absolute atomic E-state index is 14.5. The number of oxazole rings is 1. The number of alkyl halides is 3. The molecular weight excluding hydrogens is 1370 g/mol. The second kappa shape index (κ2) is 28.8. The lowest BCUT2D eigenvalue weighted by atomic mass is 9.81. The molecule has 13 aromatic rings. The third kappa shape index (κ3) is 14.1. The highest BCUT2D eigenvalue weighted by atomic mass is 19.4. The molecule has 4 N–H and O–H groups in total. The largest absolute Gasteiger partial charge is 0.424 e. The van der Waals surface area contributed by atoms with Crippen molar-refractivity contribution in [1.29, 1.82) is 0 Å². The van der Waals surface area contributed by atoms with Gasteiger partial charge in [0.05, 0.1) is 56.4 Å². The highest BCUT2D eigenvalue weighted by molar-refractivity contribution is 6.16. The molecule has 10 aromatic carbocycles. The van der Waals surface area contributed by atoms with Crippen LogP contribution in [0.25, 0.3) is 50.2 Å². The van der Waals surface area contributed by atoms with Gasteiger partial charge in [0, 0.05) is 52.3 Å². The molecule has 2 aliphatic heterocycles. The molecule has 22 heteroatoms. The van der Waals surface area contributed by atoms with Crippen molar-refractivity contribution in [2.75, 3.05) is 25.8 Å². The Morgan fingerprint density at radius 3 is 1.41 bits per heavy atom. The number of fused-ring (bicyclic) bond motifs is 3. The van der Waals surface area contributed by atoms with Gasteiger partial charge in [-0.2, -0.15) is 18.3 Å². The average molecular weight is 1440 g/mol. The zero-order valence-electron chi connectivity index (χ0n) is 59.4. The SMILES string of the molecule is Cc1ccc(NC(=O)c2cc(-c3cccc4c3C(C)(C)C(=O)N4c3cn[nH]c3)ccc2C(F)(F)F)cc1.Cc1ccc(NC(=O)c2cc(-c3cccc4c3C(C)(C)C(=O)N4c3ncccn3)ccc2C)cc1.Cc1ccc(NC(=O)c2cc(-c3cccc4c3oc(=O)n4-c3cccc(F)c3F)ccc2C)cc1. The van der Waals surface area contributed by atoms with Gasteiger partial charge in [0.15, 0.2) is 17.2 Å². The molecule has 0 radical (unpaired) electrons. The molecule has 0 unspecified atom stereocenters. The number of carbonyl (C=O) groups excluding carboxylic acids is 5. The number of benzene rings is 10.